The molecule has 0 bridgehead atoms. The molecular formula is C18H24N2O6. The number of morpholine rings is 1. The summed E-state index contributed by atoms with van der Waals surface area (Å²) in [6, 6.07) is 6.75. The first kappa shape index (κ1) is 19.7. The van der Waals surface area contributed by atoms with E-state index in [9.17, 15) is 14.4 Å². The zero-order chi connectivity index (χ0) is 18.9. The Labute approximate surface area is 152 Å². The van der Waals surface area contributed by atoms with Crippen LogP contribution >= 0.6 is 0 Å². The van der Waals surface area contributed by atoms with Gasteiger partial charge in [-0.25, -0.2) is 0 Å². The first-order chi connectivity index (χ1) is 12.5. The number of ether oxygens (including phenoxy) is 3. The van der Waals surface area contributed by atoms with E-state index in [1.54, 1.807) is 29.2 Å². The van der Waals surface area contributed by atoms with E-state index < -0.39 is 18.0 Å². The van der Waals surface area contributed by atoms with E-state index in [1.165, 1.54) is 6.92 Å². The molecule has 26 heavy (non-hydrogen) atoms. The fraction of sp³-hybridized carbons (Fsp3) is 0.500. The molecule has 1 atom stereocenters. The summed E-state index contributed by atoms with van der Waals surface area (Å²) < 4.78 is 15.7. The van der Waals surface area contributed by atoms with Gasteiger partial charge in [-0.2, -0.15) is 0 Å². The Bertz CT molecular complexity index is 642. The molecule has 0 aromatic heterocycles. The van der Waals surface area contributed by atoms with Crippen LogP contribution in [0.4, 0.5) is 0 Å². The van der Waals surface area contributed by atoms with Crippen molar-refractivity contribution in [3.63, 3.8) is 0 Å². The molecule has 1 aromatic carbocycles. The summed E-state index contributed by atoms with van der Waals surface area (Å²) in [4.78, 5) is 37.9. The minimum atomic E-state index is -0.909. The summed E-state index contributed by atoms with van der Waals surface area (Å²) in [6.45, 7) is 5.33. The predicted octanol–water partition coefficient (Wildman–Crippen LogP) is 0.606. The van der Waals surface area contributed by atoms with Crippen LogP contribution in [0, 0.1) is 0 Å². The summed E-state index contributed by atoms with van der Waals surface area (Å²) in [7, 11) is 0. The van der Waals surface area contributed by atoms with Gasteiger partial charge < -0.3 is 24.4 Å². The maximum Gasteiger partial charge on any atom is 0.326 e. The Morgan fingerprint density at radius 1 is 1.23 bits per heavy atom. The lowest BCUT2D eigenvalue weighted by Crippen LogP contribution is -2.46. The van der Waals surface area contributed by atoms with Gasteiger partial charge in [-0.15, -0.1) is 0 Å². The molecule has 0 saturated carbocycles. The van der Waals surface area contributed by atoms with Gasteiger partial charge in [0.2, 0.25) is 0 Å². The number of nitrogens with one attached hydrogen (secondary N) is 1. The number of carbonyl (C=O) groups excluding carboxylic acids is 3. The van der Waals surface area contributed by atoms with Crippen LogP contribution in [0.15, 0.2) is 24.3 Å². The van der Waals surface area contributed by atoms with Gasteiger partial charge in [0.05, 0.1) is 25.4 Å². The van der Waals surface area contributed by atoms with Crippen LogP contribution in [0.25, 0.3) is 0 Å². The molecule has 0 radical (unpaired) electrons. The third-order valence-corrected chi connectivity index (χ3v) is 3.80. The number of hydrogen-bond donors (Lipinski definition) is 1. The predicted molar refractivity (Wildman–Crippen MR) is 92.9 cm³/mol. The quantitative estimate of drug-likeness (QED) is 0.713. The zero-order valence-electron chi connectivity index (χ0n) is 15.0. The minimum Gasteiger partial charge on any atom is -0.493 e. The van der Waals surface area contributed by atoms with Gasteiger partial charge in [0, 0.05) is 13.1 Å². The van der Waals surface area contributed by atoms with Gasteiger partial charge >= 0.3 is 5.97 Å². The third-order valence-electron chi connectivity index (χ3n) is 3.80. The molecule has 0 aliphatic carbocycles. The van der Waals surface area contributed by atoms with E-state index in [4.69, 9.17) is 14.2 Å². The number of benzene rings is 1. The lowest BCUT2D eigenvalue weighted by Gasteiger charge is -2.28. The molecule has 1 N–H and O–H groups in total. The van der Waals surface area contributed by atoms with Crippen molar-refractivity contribution in [2.75, 3.05) is 39.5 Å². The largest absolute Gasteiger partial charge is 0.493 e. The summed E-state index contributed by atoms with van der Waals surface area (Å²) in [5.74, 6) is -0.953. The topological polar surface area (TPSA) is 94.2 Å². The second-order valence-electron chi connectivity index (χ2n) is 5.68. The summed E-state index contributed by atoms with van der Waals surface area (Å²) >= 11 is 0. The van der Waals surface area contributed by atoms with Gasteiger partial charge in [0.25, 0.3) is 11.8 Å². The Morgan fingerprint density at radius 2 is 1.92 bits per heavy atom. The van der Waals surface area contributed by atoms with Crippen molar-refractivity contribution in [3.05, 3.63) is 29.8 Å². The SMILES string of the molecule is CCOc1ccccc1C(=O)NCC(=O)OC(C)C(=O)N1CCOCC1. The van der Waals surface area contributed by atoms with Gasteiger partial charge in [-0.1, -0.05) is 12.1 Å². The first-order valence-electron chi connectivity index (χ1n) is 8.59. The zero-order valence-corrected chi connectivity index (χ0v) is 15.0. The lowest BCUT2D eigenvalue weighted by molar-refractivity contribution is -0.160. The van der Waals surface area contributed by atoms with Crippen molar-refractivity contribution >= 4 is 17.8 Å². The van der Waals surface area contributed by atoms with Crippen LogP contribution in [-0.2, 0) is 19.1 Å². The number of amides is 2. The molecule has 2 rings (SSSR count). The molecule has 1 unspecified atom stereocenters. The van der Waals surface area contributed by atoms with E-state index in [0.717, 1.165) is 0 Å². The molecular weight excluding hydrogens is 340 g/mol. The number of para-hydroxylation sites is 1. The van der Waals surface area contributed by atoms with E-state index >= 15 is 0 Å². The number of carbonyl (C=O) groups is 3. The van der Waals surface area contributed by atoms with Crippen LogP contribution in [0.1, 0.15) is 24.2 Å². The van der Waals surface area contributed by atoms with Crippen molar-refractivity contribution in [1.29, 1.82) is 0 Å². The van der Waals surface area contributed by atoms with Crippen LogP contribution in [-0.4, -0.2) is 68.2 Å². The normalized spacial score (nSPS) is 15.1. The summed E-state index contributed by atoms with van der Waals surface area (Å²) in [5.41, 5.74) is 0.333. The number of nitrogens with zero attached hydrogens (tertiary/aromatic N) is 1. The van der Waals surface area contributed by atoms with Gasteiger partial charge in [-0.3, -0.25) is 14.4 Å². The highest BCUT2D eigenvalue weighted by Gasteiger charge is 2.25. The van der Waals surface area contributed by atoms with Crippen LogP contribution in [0.5, 0.6) is 5.75 Å². The molecule has 1 fully saturated rings. The number of hydrogen-bond acceptors (Lipinski definition) is 6. The highest BCUT2D eigenvalue weighted by molar-refractivity contribution is 5.98. The second-order valence-corrected chi connectivity index (χ2v) is 5.68. The summed E-state index contributed by atoms with van der Waals surface area (Å²) in [5, 5.41) is 2.48. The standard InChI is InChI=1S/C18H24N2O6/c1-3-25-15-7-5-4-6-14(15)17(22)19-12-16(21)26-13(2)18(23)20-8-10-24-11-9-20/h4-7,13H,3,8-12H2,1-2H3,(H,19,22). The molecule has 1 heterocycles. The molecule has 142 valence electrons. The smallest absolute Gasteiger partial charge is 0.326 e. The highest BCUT2D eigenvalue weighted by Crippen LogP contribution is 2.17. The maximum atomic E-state index is 12.2. The molecule has 8 nitrogen and oxygen atoms in total. The van der Waals surface area contributed by atoms with Crippen LogP contribution < -0.4 is 10.1 Å². The van der Waals surface area contributed by atoms with Gasteiger partial charge in [0.1, 0.15) is 12.3 Å². The molecule has 8 heteroatoms. The molecule has 1 aromatic rings. The van der Waals surface area contributed by atoms with Crippen LogP contribution in [0.2, 0.25) is 0 Å². The van der Waals surface area contributed by atoms with Crippen molar-refractivity contribution < 1.29 is 28.6 Å². The monoisotopic (exact) mass is 364 g/mol. The van der Waals surface area contributed by atoms with Gasteiger partial charge in [-0.05, 0) is 26.0 Å². The number of rotatable bonds is 7. The fourth-order valence-corrected chi connectivity index (χ4v) is 2.51. The fourth-order valence-electron chi connectivity index (χ4n) is 2.51. The highest BCUT2D eigenvalue weighted by atomic mass is 16.5. The Hall–Kier alpha value is -2.61. The average molecular weight is 364 g/mol. The van der Waals surface area contributed by atoms with Crippen molar-refractivity contribution in [3.8, 4) is 5.75 Å². The first-order valence-corrected chi connectivity index (χ1v) is 8.59. The van der Waals surface area contributed by atoms with Crippen LogP contribution in [0.3, 0.4) is 0 Å². The maximum absolute atomic E-state index is 12.2. The van der Waals surface area contributed by atoms with Crippen molar-refractivity contribution in [1.82, 2.24) is 10.2 Å². The van der Waals surface area contributed by atoms with E-state index in [-0.39, 0.29) is 12.5 Å². The lowest BCUT2D eigenvalue weighted by atomic mass is 10.2. The summed E-state index contributed by atoms with van der Waals surface area (Å²) in [6.07, 6.45) is -0.909. The Morgan fingerprint density at radius 3 is 2.62 bits per heavy atom. The van der Waals surface area contributed by atoms with Gasteiger partial charge in [0.15, 0.2) is 6.10 Å². The molecule has 1 aliphatic heterocycles. The van der Waals surface area contributed by atoms with Crippen molar-refractivity contribution in [2.24, 2.45) is 0 Å². The average Bonchev–Trinajstić information content (AvgIpc) is 2.67. The minimum absolute atomic E-state index is 0.269. The second kappa shape index (κ2) is 9.76. The Balaban J connectivity index is 1.82. The number of esters is 1. The molecule has 1 aliphatic rings. The van der Waals surface area contributed by atoms with E-state index in [2.05, 4.69) is 5.32 Å². The van der Waals surface area contributed by atoms with E-state index in [0.29, 0.717) is 44.2 Å². The van der Waals surface area contributed by atoms with E-state index in [1.807, 2.05) is 6.92 Å². The van der Waals surface area contributed by atoms with Crippen molar-refractivity contribution in [2.45, 2.75) is 20.0 Å². The third kappa shape index (κ3) is 5.45. The molecule has 2 amide bonds. The molecule has 0 spiro atoms. The molecule has 1 saturated heterocycles. The Kier molecular flexibility index (Phi) is 7.40.